The first-order chi connectivity index (χ1) is 13.8. The van der Waals surface area contributed by atoms with Crippen molar-refractivity contribution in [3.8, 4) is 0 Å². The maximum Gasteiger partial charge on any atom is 0.341 e. The van der Waals surface area contributed by atoms with Crippen LogP contribution in [0.3, 0.4) is 0 Å². The van der Waals surface area contributed by atoms with Gasteiger partial charge < -0.3 is 9.64 Å². The van der Waals surface area contributed by atoms with Gasteiger partial charge in [-0.2, -0.15) is 4.31 Å². The van der Waals surface area contributed by atoms with Crippen molar-refractivity contribution in [2.75, 3.05) is 32.8 Å². The van der Waals surface area contributed by atoms with E-state index < -0.39 is 45.7 Å². The highest BCUT2D eigenvalue weighted by molar-refractivity contribution is 7.89. The Kier molecular flexibility index (Phi) is 6.23. The Labute approximate surface area is 166 Å². The Morgan fingerprint density at radius 2 is 1.62 bits per heavy atom. The molecule has 1 heterocycles. The van der Waals surface area contributed by atoms with Gasteiger partial charge in [0.15, 0.2) is 6.61 Å². The molecule has 0 unspecified atom stereocenters. The molecule has 29 heavy (non-hydrogen) atoms. The number of sulfonamides is 1. The molecule has 154 valence electrons. The fourth-order valence-corrected chi connectivity index (χ4v) is 4.31. The van der Waals surface area contributed by atoms with Crippen LogP contribution >= 0.6 is 0 Å². The Morgan fingerprint density at radius 1 is 0.966 bits per heavy atom. The van der Waals surface area contributed by atoms with E-state index in [4.69, 9.17) is 4.74 Å². The van der Waals surface area contributed by atoms with E-state index in [1.807, 2.05) is 0 Å². The number of hydrogen-bond acceptors (Lipinski definition) is 5. The summed E-state index contributed by atoms with van der Waals surface area (Å²) in [7, 11) is -3.64. The lowest BCUT2D eigenvalue weighted by atomic mass is 10.2. The predicted molar refractivity (Wildman–Crippen MR) is 98.4 cm³/mol. The molecular formula is C19H18F2N2O5S. The van der Waals surface area contributed by atoms with Crippen molar-refractivity contribution < 1.29 is 31.5 Å². The minimum absolute atomic E-state index is 0.101. The molecule has 1 aliphatic heterocycles. The van der Waals surface area contributed by atoms with Gasteiger partial charge in [0.05, 0.1) is 10.5 Å². The molecule has 0 bridgehead atoms. The fourth-order valence-electron chi connectivity index (χ4n) is 2.87. The molecule has 0 aromatic heterocycles. The lowest BCUT2D eigenvalue weighted by molar-refractivity contribution is -0.135. The van der Waals surface area contributed by atoms with Crippen LogP contribution in [0.4, 0.5) is 8.78 Å². The number of amides is 1. The second kappa shape index (κ2) is 8.66. The zero-order valence-electron chi connectivity index (χ0n) is 15.3. The third kappa shape index (κ3) is 4.77. The van der Waals surface area contributed by atoms with E-state index in [9.17, 15) is 26.8 Å². The Bertz CT molecular complexity index is 1010. The Balaban J connectivity index is 1.53. The first-order valence-corrected chi connectivity index (χ1v) is 10.2. The van der Waals surface area contributed by atoms with Gasteiger partial charge in [0.25, 0.3) is 5.91 Å². The SMILES string of the molecule is O=C(OCC(=O)N1CCN(S(=O)(=O)c2ccccc2)CC1)c1ccc(F)cc1F. The average Bonchev–Trinajstić information content (AvgIpc) is 2.72. The van der Waals surface area contributed by atoms with Gasteiger partial charge in [0, 0.05) is 32.2 Å². The van der Waals surface area contributed by atoms with E-state index in [0.717, 1.165) is 12.1 Å². The molecule has 0 radical (unpaired) electrons. The van der Waals surface area contributed by atoms with Gasteiger partial charge in [-0.3, -0.25) is 4.79 Å². The number of esters is 1. The van der Waals surface area contributed by atoms with E-state index >= 15 is 0 Å². The summed E-state index contributed by atoms with van der Waals surface area (Å²) >= 11 is 0. The summed E-state index contributed by atoms with van der Waals surface area (Å²) in [5.74, 6) is -3.53. The van der Waals surface area contributed by atoms with Crippen LogP contribution in [-0.2, 0) is 19.6 Å². The third-order valence-electron chi connectivity index (χ3n) is 4.45. The maximum absolute atomic E-state index is 13.6. The number of halogens is 2. The molecule has 3 rings (SSSR count). The number of piperazine rings is 1. The monoisotopic (exact) mass is 424 g/mol. The molecule has 7 nitrogen and oxygen atoms in total. The minimum atomic E-state index is -3.64. The van der Waals surface area contributed by atoms with Crippen LogP contribution in [0.2, 0.25) is 0 Å². The lowest BCUT2D eigenvalue weighted by Crippen LogP contribution is -2.51. The van der Waals surface area contributed by atoms with Gasteiger partial charge in [0.1, 0.15) is 11.6 Å². The van der Waals surface area contributed by atoms with Gasteiger partial charge in [0.2, 0.25) is 10.0 Å². The summed E-state index contributed by atoms with van der Waals surface area (Å²) in [6, 6.07) is 10.4. The van der Waals surface area contributed by atoms with Gasteiger partial charge >= 0.3 is 5.97 Å². The molecule has 10 heteroatoms. The number of nitrogens with zero attached hydrogens (tertiary/aromatic N) is 2. The zero-order valence-corrected chi connectivity index (χ0v) is 16.1. The number of rotatable bonds is 5. The van der Waals surface area contributed by atoms with Gasteiger partial charge in [-0.05, 0) is 24.3 Å². The van der Waals surface area contributed by atoms with Crippen LogP contribution in [0.25, 0.3) is 0 Å². The smallest absolute Gasteiger partial charge is 0.341 e. The number of hydrogen-bond donors (Lipinski definition) is 0. The minimum Gasteiger partial charge on any atom is -0.452 e. The van der Waals surface area contributed by atoms with E-state index in [2.05, 4.69) is 0 Å². The van der Waals surface area contributed by atoms with Crippen LogP contribution in [0.15, 0.2) is 53.4 Å². The van der Waals surface area contributed by atoms with Crippen LogP contribution in [-0.4, -0.2) is 62.3 Å². The number of ether oxygens (including phenoxy) is 1. The van der Waals surface area contributed by atoms with E-state index in [0.29, 0.717) is 6.07 Å². The summed E-state index contributed by atoms with van der Waals surface area (Å²) in [6.07, 6.45) is 0. The summed E-state index contributed by atoms with van der Waals surface area (Å²) in [5, 5.41) is 0. The normalized spacial score (nSPS) is 15.2. The van der Waals surface area contributed by atoms with Crippen LogP contribution in [0, 0.1) is 11.6 Å². The van der Waals surface area contributed by atoms with Crippen LogP contribution in [0.5, 0.6) is 0 Å². The van der Waals surface area contributed by atoms with Gasteiger partial charge in [-0.15, -0.1) is 0 Å². The first kappa shape index (κ1) is 20.9. The quantitative estimate of drug-likeness (QED) is 0.682. The maximum atomic E-state index is 13.6. The zero-order chi connectivity index (χ0) is 21.0. The fraction of sp³-hybridized carbons (Fsp3) is 0.263. The van der Waals surface area contributed by atoms with Crippen LogP contribution in [0.1, 0.15) is 10.4 Å². The number of carbonyl (C=O) groups excluding carboxylic acids is 2. The van der Waals surface area contributed by atoms with Crippen molar-refractivity contribution in [3.05, 3.63) is 65.7 Å². The molecule has 0 spiro atoms. The second-order valence-electron chi connectivity index (χ2n) is 6.30. The molecule has 2 aromatic rings. The highest BCUT2D eigenvalue weighted by atomic mass is 32.2. The van der Waals surface area contributed by atoms with Crippen molar-refractivity contribution in [3.63, 3.8) is 0 Å². The highest BCUT2D eigenvalue weighted by Gasteiger charge is 2.30. The van der Waals surface area contributed by atoms with E-state index in [1.165, 1.54) is 21.3 Å². The summed E-state index contributed by atoms with van der Waals surface area (Å²) in [4.78, 5) is 25.6. The summed E-state index contributed by atoms with van der Waals surface area (Å²) in [5.41, 5.74) is -0.474. The molecule has 2 aromatic carbocycles. The molecule has 0 atom stereocenters. The molecule has 1 amide bonds. The third-order valence-corrected chi connectivity index (χ3v) is 6.36. The molecular weight excluding hydrogens is 406 g/mol. The average molecular weight is 424 g/mol. The van der Waals surface area contributed by atoms with E-state index in [-0.39, 0.29) is 31.1 Å². The molecule has 1 fully saturated rings. The van der Waals surface area contributed by atoms with Crippen molar-refractivity contribution >= 4 is 21.9 Å². The number of carbonyl (C=O) groups is 2. The predicted octanol–water partition coefficient (Wildman–Crippen LogP) is 1.65. The molecule has 1 aliphatic rings. The van der Waals surface area contributed by atoms with Crippen molar-refractivity contribution in [2.45, 2.75) is 4.90 Å². The molecule has 1 saturated heterocycles. The lowest BCUT2D eigenvalue weighted by Gasteiger charge is -2.33. The first-order valence-electron chi connectivity index (χ1n) is 8.74. The topological polar surface area (TPSA) is 84.0 Å². The summed E-state index contributed by atoms with van der Waals surface area (Å²) in [6.45, 7) is -0.158. The molecule has 0 saturated carbocycles. The number of benzene rings is 2. The second-order valence-corrected chi connectivity index (χ2v) is 8.24. The van der Waals surface area contributed by atoms with Crippen molar-refractivity contribution in [1.82, 2.24) is 9.21 Å². The van der Waals surface area contributed by atoms with Crippen molar-refractivity contribution in [1.29, 1.82) is 0 Å². The highest BCUT2D eigenvalue weighted by Crippen LogP contribution is 2.17. The van der Waals surface area contributed by atoms with Crippen LogP contribution < -0.4 is 0 Å². The Hall–Kier alpha value is -2.85. The molecule has 0 N–H and O–H groups in total. The standard InChI is InChI=1S/C19H18F2N2O5S/c20-14-6-7-16(17(21)12-14)19(25)28-13-18(24)22-8-10-23(11-9-22)29(26,27)15-4-2-1-3-5-15/h1-7,12H,8-11,13H2. The summed E-state index contributed by atoms with van der Waals surface area (Å²) < 4.78 is 57.7. The Morgan fingerprint density at radius 3 is 2.24 bits per heavy atom. The van der Waals surface area contributed by atoms with Gasteiger partial charge in [-0.1, -0.05) is 18.2 Å². The van der Waals surface area contributed by atoms with Gasteiger partial charge in [-0.25, -0.2) is 22.0 Å². The largest absolute Gasteiger partial charge is 0.452 e. The van der Waals surface area contributed by atoms with E-state index in [1.54, 1.807) is 18.2 Å². The molecule has 0 aliphatic carbocycles. The van der Waals surface area contributed by atoms with Crippen molar-refractivity contribution in [2.24, 2.45) is 0 Å².